The van der Waals surface area contributed by atoms with Crippen molar-refractivity contribution in [3.8, 4) is 22.4 Å². The number of rotatable bonds is 4. The van der Waals surface area contributed by atoms with Gasteiger partial charge in [-0.05, 0) is 59.0 Å². The number of hydrogen-bond acceptors (Lipinski definition) is 2. The van der Waals surface area contributed by atoms with E-state index in [2.05, 4.69) is 35.3 Å². The van der Waals surface area contributed by atoms with Gasteiger partial charge in [-0.1, -0.05) is 78.9 Å². The summed E-state index contributed by atoms with van der Waals surface area (Å²) < 4.78 is 23.8. The monoisotopic (exact) mass is 413 g/mol. The second-order valence-electron chi connectivity index (χ2n) is 7.78. The van der Waals surface area contributed by atoms with Crippen LogP contribution >= 0.6 is 0 Å². The van der Waals surface area contributed by atoms with E-state index >= 15 is 0 Å². The number of para-hydroxylation sites is 1. The Labute approximate surface area is 189 Å². The van der Waals surface area contributed by atoms with Crippen molar-refractivity contribution in [2.45, 2.75) is 6.37 Å². The lowest BCUT2D eigenvalue weighted by molar-refractivity contribution is 0.670. The lowest BCUT2D eigenvalue weighted by atomic mass is 10.0. The zero-order chi connectivity index (χ0) is 23.1. The standard InChI is InChI=1S/C30H21NO/c1-3-8-21(9-4-1)18-22-16-17-31-28(19-22)26-13-7-12-25-27-20-24(23-10-5-2-6-11-23)14-15-29(27)32-30(25)26/h1-17,19-20H,18H2/i18D2. The molecule has 6 rings (SSSR count). The van der Waals surface area contributed by atoms with Crippen molar-refractivity contribution < 1.29 is 7.16 Å². The fraction of sp³-hybridized carbons (Fsp3) is 0.0333. The van der Waals surface area contributed by atoms with Crippen LogP contribution < -0.4 is 0 Å². The smallest absolute Gasteiger partial charge is 0.144 e. The van der Waals surface area contributed by atoms with Crippen LogP contribution in [-0.4, -0.2) is 4.98 Å². The topological polar surface area (TPSA) is 26.0 Å². The molecule has 0 saturated heterocycles. The van der Waals surface area contributed by atoms with Crippen LogP contribution in [-0.2, 0) is 6.37 Å². The minimum Gasteiger partial charge on any atom is -0.455 e. The van der Waals surface area contributed by atoms with E-state index in [9.17, 15) is 0 Å². The second-order valence-corrected chi connectivity index (χ2v) is 7.78. The highest BCUT2D eigenvalue weighted by Crippen LogP contribution is 2.37. The average Bonchev–Trinajstić information content (AvgIpc) is 3.28. The second kappa shape index (κ2) is 7.82. The number of aromatic nitrogens is 1. The third-order valence-corrected chi connectivity index (χ3v) is 5.70. The zero-order valence-electron chi connectivity index (χ0n) is 19.3. The van der Waals surface area contributed by atoms with Crippen LogP contribution in [0.15, 0.2) is 120 Å². The summed E-state index contributed by atoms with van der Waals surface area (Å²) in [5.74, 6) is 0. The molecule has 2 heteroatoms. The van der Waals surface area contributed by atoms with E-state index in [1.165, 1.54) is 0 Å². The minimum absolute atomic E-state index is 0.558. The van der Waals surface area contributed by atoms with Gasteiger partial charge < -0.3 is 4.42 Å². The molecule has 2 heterocycles. The summed E-state index contributed by atoms with van der Waals surface area (Å²) in [6.07, 6.45) is 0.0335. The van der Waals surface area contributed by atoms with Gasteiger partial charge in [-0.25, -0.2) is 0 Å². The molecule has 4 aromatic carbocycles. The van der Waals surface area contributed by atoms with E-state index in [1.807, 2.05) is 72.8 Å². The molecular formula is C30H21NO. The zero-order valence-corrected chi connectivity index (χ0v) is 17.3. The van der Waals surface area contributed by atoms with Crippen LogP contribution in [0.5, 0.6) is 0 Å². The first kappa shape index (κ1) is 16.5. The Kier molecular flexibility index (Phi) is 4.04. The summed E-state index contributed by atoms with van der Waals surface area (Å²) >= 11 is 0. The molecule has 0 aliphatic heterocycles. The maximum absolute atomic E-state index is 8.74. The summed E-state index contributed by atoms with van der Waals surface area (Å²) in [4.78, 5) is 4.58. The van der Waals surface area contributed by atoms with Crippen LogP contribution in [0.25, 0.3) is 44.3 Å². The van der Waals surface area contributed by atoms with E-state index in [-0.39, 0.29) is 0 Å². The fourth-order valence-corrected chi connectivity index (χ4v) is 4.15. The molecule has 0 atom stereocenters. The Morgan fingerprint density at radius 1 is 0.656 bits per heavy atom. The van der Waals surface area contributed by atoms with E-state index < -0.39 is 6.37 Å². The Balaban J connectivity index is 1.49. The largest absolute Gasteiger partial charge is 0.455 e. The number of pyridine rings is 1. The summed E-state index contributed by atoms with van der Waals surface area (Å²) in [5.41, 5.74) is 6.58. The van der Waals surface area contributed by atoms with Gasteiger partial charge in [0.25, 0.3) is 0 Å². The molecule has 0 aliphatic carbocycles. The molecule has 2 nitrogen and oxygen atoms in total. The number of fused-ring (bicyclic) bond motifs is 3. The van der Waals surface area contributed by atoms with Crippen molar-refractivity contribution in [1.82, 2.24) is 4.98 Å². The molecule has 0 bridgehead atoms. The third-order valence-electron chi connectivity index (χ3n) is 5.70. The third kappa shape index (κ3) is 3.36. The molecule has 0 spiro atoms. The van der Waals surface area contributed by atoms with Gasteiger partial charge in [0.2, 0.25) is 0 Å². The molecule has 0 unspecified atom stereocenters. The van der Waals surface area contributed by atoms with E-state index in [0.717, 1.165) is 38.6 Å². The molecule has 0 N–H and O–H groups in total. The molecule has 0 saturated carbocycles. The molecule has 0 radical (unpaired) electrons. The van der Waals surface area contributed by atoms with Crippen LogP contribution in [0, 0.1) is 0 Å². The highest BCUT2D eigenvalue weighted by atomic mass is 16.3. The van der Waals surface area contributed by atoms with Gasteiger partial charge in [-0.3, -0.25) is 4.98 Å². The Hall–Kier alpha value is -4.17. The van der Waals surface area contributed by atoms with Gasteiger partial charge >= 0.3 is 0 Å². The maximum atomic E-state index is 8.74. The first-order valence-corrected chi connectivity index (χ1v) is 10.6. The van der Waals surface area contributed by atoms with Crippen molar-refractivity contribution in [1.29, 1.82) is 0 Å². The molecular weight excluding hydrogens is 390 g/mol. The predicted octanol–water partition coefficient (Wildman–Crippen LogP) is 7.91. The van der Waals surface area contributed by atoms with Crippen molar-refractivity contribution in [2.24, 2.45) is 0 Å². The molecule has 2 aromatic heterocycles. The van der Waals surface area contributed by atoms with Crippen LogP contribution in [0.2, 0.25) is 0 Å². The van der Waals surface area contributed by atoms with Crippen molar-refractivity contribution >= 4 is 21.9 Å². The number of hydrogen-bond donors (Lipinski definition) is 0. The molecule has 6 aromatic rings. The SMILES string of the molecule is [2H]C([2H])(c1ccccc1)c1ccnc(-c2cccc3c2oc2ccc(-c4ccccc4)cc23)c1. The van der Waals surface area contributed by atoms with Gasteiger partial charge in [-0.15, -0.1) is 0 Å². The van der Waals surface area contributed by atoms with Gasteiger partial charge in [0.1, 0.15) is 11.2 Å². The quantitative estimate of drug-likeness (QED) is 0.293. The normalized spacial score (nSPS) is 12.6. The number of furan rings is 1. The highest BCUT2D eigenvalue weighted by molar-refractivity contribution is 6.10. The molecule has 0 aliphatic rings. The van der Waals surface area contributed by atoms with Crippen molar-refractivity contribution in [3.63, 3.8) is 0 Å². The number of nitrogens with zero attached hydrogens (tertiary/aromatic N) is 1. The number of benzene rings is 4. The summed E-state index contributed by atoms with van der Waals surface area (Å²) in [5, 5.41) is 2.07. The van der Waals surface area contributed by atoms with Crippen molar-refractivity contribution in [2.75, 3.05) is 0 Å². The molecule has 32 heavy (non-hydrogen) atoms. The van der Waals surface area contributed by atoms with Crippen LogP contribution in [0.3, 0.4) is 0 Å². The molecule has 0 amide bonds. The molecule has 0 fully saturated rings. The van der Waals surface area contributed by atoms with E-state index in [1.54, 1.807) is 12.3 Å². The predicted molar refractivity (Wildman–Crippen MR) is 132 cm³/mol. The van der Waals surface area contributed by atoms with E-state index in [4.69, 9.17) is 7.16 Å². The summed E-state index contributed by atoms with van der Waals surface area (Å²) in [7, 11) is 0. The van der Waals surface area contributed by atoms with Gasteiger partial charge in [0.15, 0.2) is 0 Å². The summed E-state index contributed by atoms with van der Waals surface area (Å²) in [6, 6.07) is 35.4. The molecule has 152 valence electrons. The van der Waals surface area contributed by atoms with Crippen LogP contribution in [0.1, 0.15) is 13.9 Å². The lowest BCUT2D eigenvalue weighted by Crippen LogP contribution is -1.91. The first-order valence-electron chi connectivity index (χ1n) is 11.6. The highest BCUT2D eigenvalue weighted by Gasteiger charge is 2.14. The fourth-order valence-electron chi connectivity index (χ4n) is 4.15. The first-order chi connectivity index (χ1) is 16.6. The maximum Gasteiger partial charge on any atom is 0.144 e. The van der Waals surface area contributed by atoms with Crippen LogP contribution in [0.4, 0.5) is 0 Å². The van der Waals surface area contributed by atoms with Crippen molar-refractivity contribution in [3.05, 3.63) is 127 Å². The lowest BCUT2D eigenvalue weighted by Gasteiger charge is -2.06. The Morgan fingerprint density at radius 3 is 2.31 bits per heavy atom. The Bertz CT molecular complexity index is 1620. The minimum atomic E-state index is -1.63. The van der Waals surface area contributed by atoms with Gasteiger partial charge in [0.05, 0.1) is 5.69 Å². The van der Waals surface area contributed by atoms with Gasteiger partial charge in [0, 0.05) is 25.3 Å². The average molecular weight is 414 g/mol. The Morgan fingerprint density at radius 2 is 1.47 bits per heavy atom. The van der Waals surface area contributed by atoms with E-state index in [0.29, 0.717) is 16.8 Å². The summed E-state index contributed by atoms with van der Waals surface area (Å²) in [6.45, 7) is 0. The van der Waals surface area contributed by atoms with Gasteiger partial charge in [-0.2, -0.15) is 0 Å².